The van der Waals surface area contributed by atoms with Crippen molar-refractivity contribution in [3.8, 4) is 56.0 Å². The molecule has 0 N–H and O–H groups in total. The zero-order valence-corrected chi connectivity index (χ0v) is 30.3. The van der Waals surface area contributed by atoms with Gasteiger partial charge in [0.25, 0.3) is 0 Å². The zero-order chi connectivity index (χ0) is 35.2. The fourth-order valence-corrected chi connectivity index (χ4v) is 13.4. The summed E-state index contributed by atoms with van der Waals surface area (Å²) in [5.74, 6) is 5.22. The van der Waals surface area contributed by atoms with E-state index in [-0.39, 0.29) is 5.41 Å². The number of hydrogen-bond acceptors (Lipinski definition) is 1. The molecule has 0 unspecified atom stereocenters. The maximum absolute atomic E-state index is 6.81. The summed E-state index contributed by atoms with van der Waals surface area (Å²) in [5, 5.41) is 0. The van der Waals surface area contributed by atoms with E-state index in [9.17, 15) is 0 Å². The Bertz CT molecular complexity index is 2660. The highest BCUT2D eigenvalue weighted by molar-refractivity contribution is 5.98. The Balaban J connectivity index is 1.04. The summed E-state index contributed by atoms with van der Waals surface area (Å²) in [6, 6.07) is 59.7. The molecule has 2 spiro atoms. The van der Waals surface area contributed by atoms with Crippen molar-refractivity contribution in [3.05, 3.63) is 191 Å². The molecule has 0 saturated heterocycles. The maximum atomic E-state index is 6.81. The third kappa shape index (κ3) is 3.53. The average Bonchev–Trinajstić information content (AvgIpc) is 3.69. The molecule has 7 aromatic carbocycles. The van der Waals surface area contributed by atoms with Gasteiger partial charge in [0.05, 0.1) is 5.41 Å². The second-order valence-electron chi connectivity index (χ2n) is 17.1. The summed E-state index contributed by atoms with van der Waals surface area (Å²) in [6.45, 7) is 0. The number of hydrogen-bond donors (Lipinski definition) is 0. The highest BCUT2D eigenvalue weighted by atomic mass is 16.5. The lowest BCUT2D eigenvalue weighted by Gasteiger charge is -2.61. The Morgan fingerprint density at radius 2 is 0.889 bits per heavy atom. The van der Waals surface area contributed by atoms with Crippen molar-refractivity contribution < 1.29 is 4.74 Å². The van der Waals surface area contributed by atoms with Gasteiger partial charge in [0.2, 0.25) is 0 Å². The van der Waals surface area contributed by atoms with E-state index >= 15 is 0 Å². The first-order valence-corrected chi connectivity index (χ1v) is 20.2. The third-order valence-corrected chi connectivity index (χ3v) is 15.0. The molecule has 54 heavy (non-hydrogen) atoms. The molecule has 0 atom stereocenters. The largest absolute Gasteiger partial charge is 0.457 e. The summed E-state index contributed by atoms with van der Waals surface area (Å²) >= 11 is 0. The molecule has 14 rings (SSSR count). The predicted octanol–water partition coefficient (Wildman–Crippen LogP) is 13.2. The third-order valence-electron chi connectivity index (χ3n) is 15.0. The molecule has 6 aliphatic carbocycles. The van der Waals surface area contributed by atoms with Crippen LogP contribution in [0.15, 0.2) is 158 Å². The molecular weight excluding hydrogens is 653 g/mol. The number of rotatable bonds is 2. The van der Waals surface area contributed by atoms with Gasteiger partial charge in [0.1, 0.15) is 11.5 Å². The number of benzene rings is 7. The first-order valence-electron chi connectivity index (χ1n) is 20.2. The maximum Gasteiger partial charge on any atom is 0.132 e. The van der Waals surface area contributed by atoms with Crippen LogP contribution < -0.4 is 4.74 Å². The minimum Gasteiger partial charge on any atom is -0.457 e. The van der Waals surface area contributed by atoms with Gasteiger partial charge in [0, 0.05) is 16.5 Å². The smallest absolute Gasteiger partial charge is 0.132 e. The van der Waals surface area contributed by atoms with E-state index in [2.05, 4.69) is 158 Å². The van der Waals surface area contributed by atoms with Crippen LogP contribution >= 0.6 is 0 Å². The van der Waals surface area contributed by atoms with Crippen LogP contribution in [-0.4, -0.2) is 0 Å². The van der Waals surface area contributed by atoms with Crippen molar-refractivity contribution in [2.45, 2.75) is 42.9 Å². The highest BCUT2D eigenvalue weighted by Crippen LogP contribution is 2.70. The summed E-state index contributed by atoms with van der Waals surface area (Å²) < 4.78 is 6.81. The van der Waals surface area contributed by atoms with Crippen LogP contribution in [0.1, 0.15) is 65.5 Å². The van der Waals surface area contributed by atoms with Crippen molar-refractivity contribution in [1.29, 1.82) is 0 Å². The van der Waals surface area contributed by atoms with Crippen molar-refractivity contribution in [3.63, 3.8) is 0 Å². The zero-order valence-electron chi connectivity index (χ0n) is 30.3. The van der Waals surface area contributed by atoms with Gasteiger partial charge < -0.3 is 4.74 Å². The average molecular weight is 693 g/mol. The fraction of sp³-hybridized carbons (Fsp3) is 0.208. The molecule has 4 fully saturated rings. The lowest BCUT2D eigenvalue weighted by Crippen LogP contribution is -2.55. The van der Waals surface area contributed by atoms with Crippen LogP contribution in [0.25, 0.3) is 44.5 Å². The van der Waals surface area contributed by atoms with Gasteiger partial charge in [0.15, 0.2) is 0 Å². The summed E-state index contributed by atoms with van der Waals surface area (Å²) in [5.41, 5.74) is 18.7. The quantitative estimate of drug-likeness (QED) is 0.175. The molecule has 1 nitrogen and oxygen atoms in total. The van der Waals surface area contributed by atoms with Crippen LogP contribution in [-0.2, 0) is 10.8 Å². The van der Waals surface area contributed by atoms with Crippen molar-refractivity contribution in [1.82, 2.24) is 0 Å². The number of para-hydroxylation sites is 1. The topological polar surface area (TPSA) is 9.23 Å². The molecule has 7 aliphatic rings. The molecule has 1 heterocycles. The molecule has 4 saturated carbocycles. The van der Waals surface area contributed by atoms with Crippen LogP contribution in [0, 0.1) is 23.7 Å². The van der Waals surface area contributed by atoms with Gasteiger partial charge in [-0.05, 0) is 141 Å². The monoisotopic (exact) mass is 692 g/mol. The van der Waals surface area contributed by atoms with Gasteiger partial charge in [-0.3, -0.25) is 0 Å². The SMILES string of the molecule is c1ccc2c(c1)Oc1ccc(-c3ccccc3-c3cccc4c3-c3ccccc3C43C4CC5CC(C4)CC3C5)cc1C21c2ccccc2-c2ccccc21. The predicted molar refractivity (Wildman–Crippen MR) is 218 cm³/mol. The van der Waals surface area contributed by atoms with Crippen molar-refractivity contribution in [2.24, 2.45) is 23.7 Å². The Morgan fingerprint density at radius 3 is 1.59 bits per heavy atom. The van der Waals surface area contributed by atoms with E-state index < -0.39 is 5.41 Å². The first kappa shape index (κ1) is 29.8. The Morgan fingerprint density at radius 1 is 0.370 bits per heavy atom. The van der Waals surface area contributed by atoms with E-state index in [0.29, 0.717) is 0 Å². The molecule has 7 aromatic rings. The van der Waals surface area contributed by atoms with E-state index in [1.54, 1.807) is 11.1 Å². The summed E-state index contributed by atoms with van der Waals surface area (Å²) in [6.07, 6.45) is 7.07. The minimum atomic E-state index is -0.485. The fourth-order valence-electron chi connectivity index (χ4n) is 13.4. The van der Waals surface area contributed by atoms with Crippen LogP contribution in [0.3, 0.4) is 0 Å². The van der Waals surface area contributed by atoms with E-state index in [1.165, 1.54) is 98.9 Å². The van der Waals surface area contributed by atoms with E-state index in [0.717, 1.165) is 35.2 Å². The van der Waals surface area contributed by atoms with E-state index in [1.807, 2.05) is 0 Å². The lowest BCUT2D eigenvalue weighted by atomic mass is 9.43. The Kier molecular flexibility index (Phi) is 5.79. The number of ether oxygens (including phenoxy) is 1. The van der Waals surface area contributed by atoms with Crippen LogP contribution in [0.2, 0.25) is 0 Å². The lowest BCUT2D eigenvalue weighted by molar-refractivity contribution is -0.0399. The van der Waals surface area contributed by atoms with Gasteiger partial charge in [-0.25, -0.2) is 0 Å². The van der Waals surface area contributed by atoms with Crippen molar-refractivity contribution >= 4 is 0 Å². The highest BCUT2D eigenvalue weighted by Gasteiger charge is 2.61. The second-order valence-corrected chi connectivity index (χ2v) is 17.1. The minimum absolute atomic E-state index is 0.149. The normalized spacial score (nSPS) is 25.0. The number of fused-ring (bicyclic) bond motifs is 12. The van der Waals surface area contributed by atoms with Gasteiger partial charge in [-0.2, -0.15) is 0 Å². The molecule has 1 heteroatoms. The van der Waals surface area contributed by atoms with Crippen LogP contribution in [0.5, 0.6) is 11.5 Å². The standard InChI is InChI=1S/C53H40O/c1-2-13-38(41-17-11-22-47-51(41)42-16-5-8-20-45(42)52(47)35-27-32-26-33(29-35)30-36(52)28-32)37(12-1)34-24-25-50-48(31-34)53(46-21-9-10-23-49(46)54-50)43-18-6-3-14-39(43)40-15-4-7-19-44(40)53/h1-25,31-33,35-36H,26-30H2. The molecule has 0 radical (unpaired) electrons. The molecule has 1 aliphatic heterocycles. The summed E-state index contributed by atoms with van der Waals surface area (Å²) in [7, 11) is 0. The molecular formula is C53H40O. The van der Waals surface area contributed by atoms with Gasteiger partial charge >= 0.3 is 0 Å². The summed E-state index contributed by atoms with van der Waals surface area (Å²) in [4.78, 5) is 0. The second kappa shape index (κ2) is 10.5. The van der Waals surface area contributed by atoms with E-state index in [4.69, 9.17) is 4.74 Å². The first-order chi connectivity index (χ1) is 26.7. The Hall–Kier alpha value is -5.66. The Labute approximate surface area is 317 Å². The molecule has 0 aromatic heterocycles. The van der Waals surface area contributed by atoms with Crippen molar-refractivity contribution in [2.75, 3.05) is 0 Å². The molecule has 0 amide bonds. The molecule has 4 bridgehead atoms. The van der Waals surface area contributed by atoms with Crippen LogP contribution in [0.4, 0.5) is 0 Å². The molecule has 258 valence electrons. The van der Waals surface area contributed by atoms with Gasteiger partial charge in [-0.1, -0.05) is 140 Å². The van der Waals surface area contributed by atoms with Gasteiger partial charge in [-0.15, -0.1) is 0 Å².